The van der Waals surface area contributed by atoms with Gasteiger partial charge in [0.2, 0.25) is 0 Å². The van der Waals surface area contributed by atoms with Gasteiger partial charge in [0, 0.05) is 6.04 Å². The van der Waals surface area contributed by atoms with Crippen molar-refractivity contribution in [2.45, 2.75) is 18.9 Å². The summed E-state index contributed by atoms with van der Waals surface area (Å²) < 4.78 is 18.8. The molecule has 0 radical (unpaired) electrons. The molecular weight excluding hydrogens is 241 g/mol. The fourth-order valence-corrected chi connectivity index (χ4v) is 2.79. The van der Waals surface area contributed by atoms with Gasteiger partial charge in [0.05, 0.1) is 7.11 Å². The van der Waals surface area contributed by atoms with E-state index in [1.165, 1.54) is 24.3 Å². The lowest BCUT2D eigenvalue weighted by atomic mass is 9.96. The molecule has 0 saturated carbocycles. The quantitative estimate of drug-likeness (QED) is 0.894. The molecule has 0 amide bonds. The SMILES string of the molecule is COc1ccc(-c2cccc3c2CCC3N)cc1F. The van der Waals surface area contributed by atoms with Crippen molar-refractivity contribution in [3.63, 3.8) is 0 Å². The van der Waals surface area contributed by atoms with Gasteiger partial charge in [-0.15, -0.1) is 0 Å². The molecule has 2 N–H and O–H groups in total. The van der Waals surface area contributed by atoms with E-state index in [1.807, 2.05) is 18.2 Å². The molecule has 1 atom stereocenters. The largest absolute Gasteiger partial charge is 0.494 e. The number of nitrogens with two attached hydrogens (primary N) is 1. The normalized spacial score (nSPS) is 17.3. The van der Waals surface area contributed by atoms with Gasteiger partial charge in [-0.05, 0) is 47.2 Å². The van der Waals surface area contributed by atoms with Crippen molar-refractivity contribution in [3.8, 4) is 16.9 Å². The van der Waals surface area contributed by atoms with E-state index in [0.717, 1.165) is 24.0 Å². The molecule has 3 rings (SSSR count). The maximum absolute atomic E-state index is 13.8. The topological polar surface area (TPSA) is 35.2 Å². The predicted molar refractivity (Wildman–Crippen MR) is 73.6 cm³/mol. The maximum atomic E-state index is 13.8. The Morgan fingerprint density at radius 1 is 1.26 bits per heavy atom. The highest BCUT2D eigenvalue weighted by molar-refractivity contribution is 5.70. The van der Waals surface area contributed by atoms with Crippen LogP contribution in [0.2, 0.25) is 0 Å². The molecule has 0 bridgehead atoms. The van der Waals surface area contributed by atoms with E-state index in [1.54, 1.807) is 6.07 Å². The van der Waals surface area contributed by atoms with Gasteiger partial charge in [0.15, 0.2) is 11.6 Å². The first-order valence-electron chi connectivity index (χ1n) is 6.42. The molecular formula is C16H16FNO. The van der Waals surface area contributed by atoms with Crippen molar-refractivity contribution in [1.29, 1.82) is 0 Å². The lowest BCUT2D eigenvalue weighted by molar-refractivity contribution is 0.386. The van der Waals surface area contributed by atoms with Crippen LogP contribution in [-0.4, -0.2) is 7.11 Å². The summed E-state index contributed by atoms with van der Waals surface area (Å²) in [6, 6.07) is 11.3. The monoisotopic (exact) mass is 257 g/mol. The average Bonchev–Trinajstić information content (AvgIpc) is 2.80. The van der Waals surface area contributed by atoms with Crippen LogP contribution in [0.15, 0.2) is 36.4 Å². The van der Waals surface area contributed by atoms with Crippen LogP contribution >= 0.6 is 0 Å². The molecule has 19 heavy (non-hydrogen) atoms. The molecule has 98 valence electrons. The summed E-state index contributed by atoms with van der Waals surface area (Å²) in [6.45, 7) is 0. The Labute approximate surface area is 112 Å². The van der Waals surface area contributed by atoms with Crippen molar-refractivity contribution >= 4 is 0 Å². The van der Waals surface area contributed by atoms with Gasteiger partial charge in [-0.3, -0.25) is 0 Å². The molecule has 0 aliphatic heterocycles. The fourth-order valence-electron chi connectivity index (χ4n) is 2.79. The smallest absolute Gasteiger partial charge is 0.165 e. The number of hydrogen-bond acceptors (Lipinski definition) is 2. The summed E-state index contributed by atoms with van der Waals surface area (Å²) in [4.78, 5) is 0. The van der Waals surface area contributed by atoms with E-state index in [4.69, 9.17) is 10.5 Å². The van der Waals surface area contributed by atoms with Crippen molar-refractivity contribution in [3.05, 3.63) is 53.3 Å². The Kier molecular flexibility index (Phi) is 2.99. The molecule has 2 aromatic carbocycles. The molecule has 2 nitrogen and oxygen atoms in total. The molecule has 0 saturated heterocycles. The van der Waals surface area contributed by atoms with E-state index >= 15 is 0 Å². The minimum Gasteiger partial charge on any atom is -0.494 e. The van der Waals surface area contributed by atoms with Crippen LogP contribution in [0.5, 0.6) is 5.75 Å². The Morgan fingerprint density at radius 3 is 2.84 bits per heavy atom. The summed E-state index contributed by atoms with van der Waals surface area (Å²) in [6.07, 6.45) is 1.92. The number of methoxy groups -OCH3 is 1. The van der Waals surface area contributed by atoms with Crippen LogP contribution in [0.25, 0.3) is 11.1 Å². The first kappa shape index (κ1) is 12.2. The molecule has 0 fully saturated rings. The summed E-state index contributed by atoms with van der Waals surface area (Å²) in [5, 5.41) is 0. The highest BCUT2D eigenvalue weighted by atomic mass is 19.1. The van der Waals surface area contributed by atoms with Crippen LogP contribution < -0.4 is 10.5 Å². The average molecular weight is 257 g/mol. The summed E-state index contributed by atoms with van der Waals surface area (Å²) >= 11 is 0. The van der Waals surface area contributed by atoms with Crippen molar-refractivity contribution in [2.24, 2.45) is 5.73 Å². The van der Waals surface area contributed by atoms with Gasteiger partial charge in [-0.25, -0.2) is 4.39 Å². The van der Waals surface area contributed by atoms with Gasteiger partial charge in [-0.2, -0.15) is 0 Å². The highest BCUT2D eigenvalue weighted by Gasteiger charge is 2.22. The fraction of sp³-hybridized carbons (Fsp3) is 0.250. The zero-order valence-corrected chi connectivity index (χ0v) is 10.8. The Hall–Kier alpha value is -1.87. The Bertz CT molecular complexity index is 624. The van der Waals surface area contributed by atoms with Crippen LogP contribution in [0, 0.1) is 5.82 Å². The van der Waals surface area contributed by atoms with E-state index in [-0.39, 0.29) is 17.6 Å². The number of halogens is 1. The van der Waals surface area contributed by atoms with E-state index in [0.29, 0.717) is 0 Å². The second-order valence-electron chi connectivity index (χ2n) is 4.87. The van der Waals surface area contributed by atoms with Crippen molar-refractivity contribution < 1.29 is 9.13 Å². The number of ether oxygens (including phenoxy) is 1. The Balaban J connectivity index is 2.11. The van der Waals surface area contributed by atoms with Crippen LogP contribution in [0.4, 0.5) is 4.39 Å². The van der Waals surface area contributed by atoms with Gasteiger partial charge >= 0.3 is 0 Å². The van der Waals surface area contributed by atoms with E-state index in [9.17, 15) is 4.39 Å². The van der Waals surface area contributed by atoms with Crippen molar-refractivity contribution in [1.82, 2.24) is 0 Å². The van der Waals surface area contributed by atoms with Gasteiger partial charge in [0.25, 0.3) is 0 Å². The summed E-state index contributed by atoms with van der Waals surface area (Å²) in [5.41, 5.74) is 10.5. The van der Waals surface area contributed by atoms with Gasteiger partial charge < -0.3 is 10.5 Å². The lowest BCUT2D eigenvalue weighted by Gasteiger charge is -2.11. The summed E-state index contributed by atoms with van der Waals surface area (Å²) in [5.74, 6) is -0.0621. The zero-order valence-electron chi connectivity index (χ0n) is 10.8. The highest BCUT2D eigenvalue weighted by Crippen LogP contribution is 2.37. The number of fused-ring (bicyclic) bond motifs is 1. The first-order valence-corrected chi connectivity index (χ1v) is 6.42. The third-order valence-electron chi connectivity index (χ3n) is 3.78. The van der Waals surface area contributed by atoms with Crippen LogP contribution in [-0.2, 0) is 6.42 Å². The molecule has 1 aliphatic rings. The predicted octanol–water partition coefficient (Wildman–Crippen LogP) is 3.45. The first-order chi connectivity index (χ1) is 9.20. The minimum atomic E-state index is -0.333. The maximum Gasteiger partial charge on any atom is 0.165 e. The lowest BCUT2D eigenvalue weighted by Crippen LogP contribution is -2.04. The molecule has 3 heteroatoms. The zero-order chi connectivity index (χ0) is 13.4. The number of benzene rings is 2. The number of hydrogen-bond donors (Lipinski definition) is 1. The summed E-state index contributed by atoms with van der Waals surface area (Å²) in [7, 11) is 1.47. The minimum absolute atomic E-state index is 0.109. The van der Waals surface area contributed by atoms with Crippen LogP contribution in [0.3, 0.4) is 0 Å². The van der Waals surface area contributed by atoms with Gasteiger partial charge in [0.1, 0.15) is 0 Å². The van der Waals surface area contributed by atoms with Crippen molar-refractivity contribution in [2.75, 3.05) is 7.11 Å². The second-order valence-corrected chi connectivity index (χ2v) is 4.87. The molecule has 2 aromatic rings. The molecule has 0 aromatic heterocycles. The van der Waals surface area contributed by atoms with E-state index < -0.39 is 0 Å². The molecule has 1 aliphatic carbocycles. The molecule has 0 spiro atoms. The van der Waals surface area contributed by atoms with Gasteiger partial charge in [-0.1, -0.05) is 24.3 Å². The third kappa shape index (κ3) is 2.00. The van der Waals surface area contributed by atoms with Crippen LogP contribution in [0.1, 0.15) is 23.6 Å². The second kappa shape index (κ2) is 4.67. The number of rotatable bonds is 2. The molecule has 0 heterocycles. The standard InChI is InChI=1S/C16H16FNO/c1-19-16-8-5-10(9-14(16)17)11-3-2-4-13-12(11)6-7-15(13)18/h2-5,8-9,15H,6-7,18H2,1H3. The Morgan fingerprint density at radius 2 is 2.11 bits per heavy atom. The molecule has 1 unspecified atom stereocenters. The third-order valence-corrected chi connectivity index (χ3v) is 3.78. The van der Waals surface area contributed by atoms with E-state index in [2.05, 4.69) is 6.07 Å².